The van der Waals surface area contributed by atoms with E-state index in [-0.39, 0.29) is 11.9 Å². The van der Waals surface area contributed by atoms with E-state index in [1.54, 1.807) is 0 Å². The molecular formula is C14H17BrClN3O. The van der Waals surface area contributed by atoms with Crippen molar-refractivity contribution in [2.45, 2.75) is 26.3 Å². The second-order valence-corrected chi connectivity index (χ2v) is 5.83. The van der Waals surface area contributed by atoms with Crippen molar-refractivity contribution in [3.8, 4) is 0 Å². The van der Waals surface area contributed by atoms with E-state index in [0.717, 1.165) is 21.3 Å². The number of alkyl halides is 1. The molecule has 1 amide bonds. The van der Waals surface area contributed by atoms with Crippen molar-refractivity contribution >= 4 is 44.5 Å². The van der Waals surface area contributed by atoms with Gasteiger partial charge >= 0.3 is 0 Å². The SMILES string of the molecule is CCNC(=O)C(C)n1c(CCCl)nc2ccc(Br)cc21. The van der Waals surface area contributed by atoms with E-state index in [2.05, 4.69) is 26.2 Å². The standard InChI is InChI=1S/C14H17BrClN3O/c1-3-17-14(20)9(2)19-12-8-10(15)4-5-11(12)18-13(19)6-7-16/h4-5,8-9H,3,6-7H2,1-2H3,(H,17,20). The summed E-state index contributed by atoms with van der Waals surface area (Å²) in [7, 11) is 0. The molecule has 0 fully saturated rings. The molecule has 20 heavy (non-hydrogen) atoms. The number of aromatic nitrogens is 2. The summed E-state index contributed by atoms with van der Waals surface area (Å²) >= 11 is 9.31. The Bertz CT molecular complexity index is 626. The van der Waals surface area contributed by atoms with Gasteiger partial charge in [-0.05, 0) is 32.0 Å². The number of nitrogens with one attached hydrogen (secondary N) is 1. The van der Waals surface area contributed by atoms with Gasteiger partial charge in [-0.3, -0.25) is 4.79 Å². The van der Waals surface area contributed by atoms with Crippen LogP contribution < -0.4 is 5.32 Å². The number of fused-ring (bicyclic) bond motifs is 1. The summed E-state index contributed by atoms with van der Waals surface area (Å²) in [6, 6.07) is 5.56. The lowest BCUT2D eigenvalue weighted by molar-refractivity contribution is -0.123. The van der Waals surface area contributed by atoms with Gasteiger partial charge in [0.2, 0.25) is 5.91 Å². The molecular weight excluding hydrogens is 342 g/mol. The Morgan fingerprint density at radius 1 is 1.55 bits per heavy atom. The van der Waals surface area contributed by atoms with E-state index in [4.69, 9.17) is 11.6 Å². The van der Waals surface area contributed by atoms with Crippen LogP contribution in [0.1, 0.15) is 25.7 Å². The number of hydrogen-bond acceptors (Lipinski definition) is 2. The molecule has 0 saturated heterocycles. The third kappa shape index (κ3) is 2.99. The van der Waals surface area contributed by atoms with Gasteiger partial charge in [0.1, 0.15) is 11.9 Å². The normalized spacial score (nSPS) is 12.6. The lowest BCUT2D eigenvalue weighted by atomic mass is 10.2. The average Bonchev–Trinajstić information content (AvgIpc) is 2.76. The summed E-state index contributed by atoms with van der Waals surface area (Å²) in [5, 5.41) is 2.85. The van der Waals surface area contributed by atoms with Gasteiger partial charge in [-0.2, -0.15) is 0 Å². The highest BCUT2D eigenvalue weighted by Crippen LogP contribution is 2.25. The molecule has 0 saturated carbocycles. The molecule has 2 rings (SSSR count). The fraction of sp³-hybridized carbons (Fsp3) is 0.429. The van der Waals surface area contributed by atoms with Crippen molar-refractivity contribution in [1.82, 2.24) is 14.9 Å². The minimum Gasteiger partial charge on any atom is -0.355 e. The number of likely N-dealkylation sites (N-methyl/N-ethyl adjacent to an activating group) is 1. The van der Waals surface area contributed by atoms with Crippen molar-refractivity contribution in [1.29, 1.82) is 0 Å². The van der Waals surface area contributed by atoms with Crippen molar-refractivity contribution < 1.29 is 4.79 Å². The van der Waals surface area contributed by atoms with Gasteiger partial charge < -0.3 is 9.88 Å². The molecule has 4 nitrogen and oxygen atoms in total. The van der Waals surface area contributed by atoms with Crippen LogP contribution in [-0.4, -0.2) is 27.9 Å². The van der Waals surface area contributed by atoms with Crippen LogP contribution in [0.4, 0.5) is 0 Å². The second-order valence-electron chi connectivity index (χ2n) is 4.54. The molecule has 108 valence electrons. The first-order valence-corrected chi connectivity index (χ1v) is 7.91. The maximum atomic E-state index is 12.1. The molecule has 0 aliphatic carbocycles. The predicted octanol–water partition coefficient (Wildman–Crippen LogP) is 3.28. The number of halogens is 2. The number of hydrogen-bond donors (Lipinski definition) is 1. The Balaban J connectivity index is 2.55. The van der Waals surface area contributed by atoms with Crippen LogP contribution in [0, 0.1) is 0 Å². The van der Waals surface area contributed by atoms with Crippen molar-refractivity contribution in [2.24, 2.45) is 0 Å². The number of rotatable bonds is 5. The zero-order valence-electron chi connectivity index (χ0n) is 11.5. The van der Waals surface area contributed by atoms with E-state index < -0.39 is 0 Å². The minimum atomic E-state index is -0.313. The van der Waals surface area contributed by atoms with Gasteiger partial charge in [0.05, 0.1) is 11.0 Å². The van der Waals surface area contributed by atoms with Gasteiger partial charge in [-0.25, -0.2) is 4.98 Å². The number of aryl methyl sites for hydroxylation is 1. The lowest BCUT2D eigenvalue weighted by Gasteiger charge is -2.16. The first-order valence-electron chi connectivity index (χ1n) is 6.58. The smallest absolute Gasteiger partial charge is 0.242 e. The van der Waals surface area contributed by atoms with E-state index in [1.807, 2.05) is 36.6 Å². The maximum absolute atomic E-state index is 12.1. The fourth-order valence-electron chi connectivity index (χ4n) is 2.25. The summed E-state index contributed by atoms with van der Waals surface area (Å²) in [4.78, 5) is 16.7. The van der Waals surface area contributed by atoms with E-state index in [0.29, 0.717) is 18.8 Å². The van der Waals surface area contributed by atoms with Crippen LogP contribution in [0.25, 0.3) is 11.0 Å². The quantitative estimate of drug-likeness (QED) is 0.834. The largest absolute Gasteiger partial charge is 0.355 e. The predicted molar refractivity (Wildman–Crippen MR) is 85.3 cm³/mol. The molecule has 0 aliphatic rings. The lowest BCUT2D eigenvalue weighted by Crippen LogP contribution is -2.31. The molecule has 1 aromatic carbocycles. The number of carbonyl (C=O) groups is 1. The zero-order chi connectivity index (χ0) is 14.7. The van der Waals surface area contributed by atoms with Gasteiger partial charge in [0, 0.05) is 23.3 Å². The Kier molecular flexibility index (Phi) is 5.05. The van der Waals surface area contributed by atoms with E-state index >= 15 is 0 Å². The van der Waals surface area contributed by atoms with Crippen LogP contribution in [0.3, 0.4) is 0 Å². The van der Waals surface area contributed by atoms with Crippen molar-refractivity contribution in [3.05, 3.63) is 28.5 Å². The van der Waals surface area contributed by atoms with Crippen molar-refractivity contribution in [2.75, 3.05) is 12.4 Å². The highest BCUT2D eigenvalue weighted by Gasteiger charge is 2.20. The molecule has 0 bridgehead atoms. The number of carbonyl (C=O) groups excluding carboxylic acids is 1. The molecule has 1 aromatic heterocycles. The number of nitrogens with zero attached hydrogens (tertiary/aromatic N) is 2. The first kappa shape index (κ1) is 15.3. The van der Waals surface area contributed by atoms with Gasteiger partial charge in [-0.15, -0.1) is 11.6 Å². The Hall–Kier alpha value is -1.07. The summed E-state index contributed by atoms with van der Waals surface area (Å²) in [6.45, 7) is 4.40. The Morgan fingerprint density at radius 3 is 2.95 bits per heavy atom. The second kappa shape index (κ2) is 6.59. The molecule has 1 unspecified atom stereocenters. The first-order chi connectivity index (χ1) is 9.58. The summed E-state index contributed by atoms with van der Waals surface area (Å²) in [5.41, 5.74) is 1.82. The highest BCUT2D eigenvalue weighted by molar-refractivity contribution is 9.10. The molecule has 6 heteroatoms. The molecule has 0 spiro atoms. The van der Waals surface area contributed by atoms with E-state index in [1.165, 1.54) is 0 Å². The summed E-state index contributed by atoms with van der Waals surface area (Å²) in [5.74, 6) is 1.31. The highest BCUT2D eigenvalue weighted by atomic mass is 79.9. The topological polar surface area (TPSA) is 46.9 Å². The van der Waals surface area contributed by atoms with Crippen molar-refractivity contribution in [3.63, 3.8) is 0 Å². The monoisotopic (exact) mass is 357 g/mol. The van der Waals surface area contributed by atoms with Crippen LogP contribution >= 0.6 is 27.5 Å². The molecule has 1 heterocycles. The van der Waals surface area contributed by atoms with Crippen LogP contribution in [-0.2, 0) is 11.2 Å². The number of amides is 1. The zero-order valence-corrected chi connectivity index (χ0v) is 13.8. The Labute approximate surface area is 131 Å². The third-order valence-corrected chi connectivity index (χ3v) is 3.84. The van der Waals surface area contributed by atoms with Gasteiger partial charge in [0.15, 0.2) is 0 Å². The summed E-state index contributed by atoms with van der Waals surface area (Å²) < 4.78 is 2.93. The molecule has 0 aliphatic heterocycles. The molecule has 1 N–H and O–H groups in total. The number of imidazole rings is 1. The summed E-state index contributed by atoms with van der Waals surface area (Å²) in [6.07, 6.45) is 0.637. The average molecular weight is 359 g/mol. The van der Waals surface area contributed by atoms with E-state index in [9.17, 15) is 4.79 Å². The van der Waals surface area contributed by atoms with Crippen LogP contribution in [0.2, 0.25) is 0 Å². The minimum absolute atomic E-state index is 0.0115. The Morgan fingerprint density at radius 2 is 2.30 bits per heavy atom. The van der Waals surface area contributed by atoms with Gasteiger partial charge in [0.25, 0.3) is 0 Å². The molecule has 1 atom stereocenters. The van der Waals surface area contributed by atoms with Crippen LogP contribution in [0.5, 0.6) is 0 Å². The number of benzene rings is 1. The third-order valence-electron chi connectivity index (χ3n) is 3.16. The maximum Gasteiger partial charge on any atom is 0.242 e. The van der Waals surface area contributed by atoms with Crippen LogP contribution in [0.15, 0.2) is 22.7 Å². The van der Waals surface area contributed by atoms with Gasteiger partial charge in [-0.1, -0.05) is 15.9 Å². The molecule has 2 aromatic rings. The fourth-order valence-corrected chi connectivity index (χ4v) is 2.77. The molecule has 0 radical (unpaired) electrons.